The molecule has 0 aliphatic rings. The number of aromatic amines is 1. The zero-order chi connectivity index (χ0) is 17.2. The number of nitrogens with zero attached hydrogens (tertiary/aromatic N) is 3. The van der Waals surface area contributed by atoms with Crippen LogP contribution in [0.4, 0.5) is 5.69 Å². The quantitative estimate of drug-likeness (QED) is 0.773. The van der Waals surface area contributed by atoms with E-state index in [2.05, 4.69) is 15.2 Å². The van der Waals surface area contributed by atoms with Gasteiger partial charge in [-0.3, -0.25) is 14.4 Å². The number of anilines is 1. The van der Waals surface area contributed by atoms with Gasteiger partial charge in [-0.15, -0.1) is 0 Å². The number of aromatic nitrogens is 3. The molecule has 24 heavy (non-hydrogen) atoms. The summed E-state index contributed by atoms with van der Waals surface area (Å²) in [5, 5.41) is 6.77. The maximum absolute atomic E-state index is 13.3. The van der Waals surface area contributed by atoms with E-state index in [0.717, 1.165) is 5.56 Å². The highest BCUT2D eigenvalue weighted by Gasteiger charge is 2.30. The number of aryl methyl sites for hydroxylation is 2. The highest BCUT2D eigenvalue weighted by Crippen LogP contribution is 2.28. The first kappa shape index (κ1) is 16.2. The second-order valence-electron chi connectivity index (χ2n) is 5.47. The van der Waals surface area contributed by atoms with Gasteiger partial charge in [-0.25, -0.2) is 8.42 Å². The zero-order valence-electron chi connectivity index (χ0n) is 13.5. The first-order valence-corrected chi connectivity index (χ1v) is 8.92. The number of rotatable bonds is 5. The summed E-state index contributed by atoms with van der Waals surface area (Å²) in [6, 6.07) is 12.7. The average molecular weight is 342 g/mol. The van der Waals surface area contributed by atoms with E-state index in [1.165, 1.54) is 4.31 Å². The monoisotopic (exact) mass is 342 g/mol. The molecule has 0 aliphatic carbocycles. The molecule has 0 radical (unpaired) electrons. The second-order valence-corrected chi connectivity index (χ2v) is 7.27. The van der Waals surface area contributed by atoms with Gasteiger partial charge in [-0.2, -0.15) is 5.10 Å². The molecule has 0 bridgehead atoms. The lowest BCUT2D eigenvalue weighted by atomic mass is 10.2. The Morgan fingerprint density at radius 2 is 1.83 bits per heavy atom. The molecule has 1 aromatic carbocycles. The topological polar surface area (TPSA) is 79.0 Å². The van der Waals surface area contributed by atoms with Crippen LogP contribution in [0.1, 0.15) is 17.0 Å². The normalized spacial score (nSPS) is 11.4. The SMILES string of the molecule is Cc1n[nH]c(C)c1S(=O)(=O)N(Cc1cccnc1)c1ccccc1. The van der Waals surface area contributed by atoms with E-state index in [-0.39, 0.29) is 11.4 Å². The van der Waals surface area contributed by atoms with Gasteiger partial charge in [-0.1, -0.05) is 24.3 Å². The number of hydrogen-bond acceptors (Lipinski definition) is 4. The van der Waals surface area contributed by atoms with Gasteiger partial charge in [0.1, 0.15) is 4.90 Å². The lowest BCUT2D eigenvalue weighted by molar-refractivity contribution is 0.589. The van der Waals surface area contributed by atoms with Crippen molar-refractivity contribution in [3.8, 4) is 0 Å². The van der Waals surface area contributed by atoms with Crippen LogP contribution in [-0.2, 0) is 16.6 Å². The number of nitrogens with one attached hydrogen (secondary N) is 1. The van der Waals surface area contributed by atoms with Gasteiger partial charge >= 0.3 is 0 Å². The number of benzene rings is 1. The molecule has 3 rings (SSSR count). The number of hydrogen-bond donors (Lipinski definition) is 1. The molecule has 0 spiro atoms. The smallest absolute Gasteiger partial charge is 0.268 e. The summed E-state index contributed by atoms with van der Waals surface area (Å²) in [5.41, 5.74) is 2.39. The van der Waals surface area contributed by atoms with Crippen LogP contribution in [0.2, 0.25) is 0 Å². The van der Waals surface area contributed by atoms with E-state index in [9.17, 15) is 8.42 Å². The van der Waals surface area contributed by atoms with Crippen molar-refractivity contribution in [1.82, 2.24) is 15.2 Å². The lowest BCUT2D eigenvalue weighted by Crippen LogP contribution is -2.31. The van der Waals surface area contributed by atoms with Crippen LogP contribution in [-0.4, -0.2) is 23.6 Å². The minimum absolute atomic E-state index is 0.199. The highest BCUT2D eigenvalue weighted by molar-refractivity contribution is 7.92. The molecule has 0 fully saturated rings. The molecule has 0 amide bonds. The molecule has 6 nitrogen and oxygen atoms in total. The second kappa shape index (κ2) is 6.45. The maximum atomic E-state index is 13.3. The summed E-state index contributed by atoms with van der Waals surface area (Å²) in [6.07, 6.45) is 3.33. The Bertz CT molecular complexity index is 902. The van der Waals surface area contributed by atoms with E-state index < -0.39 is 10.0 Å². The fourth-order valence-electron chi connectivity index (χ4n) is 2.60. The molecule has 0 saturated heterocycles. The van der Waals surface area contributed by atoms with Crippen molar-refractivity contribution in [2.24, 2.45) is 0 Å². The molecule has 7 heteroatoms. The maximum Gasteiger partial charge on any atom is 0.268 e. The Morgan fingerprint density at radius 3 is 2.42 bits per heavy atom. The summed E-state index contributed by atoms with van der Waals surface area (Å²) in [4.78, 5) is 4.29. The predicted octanol–water partition coefficient (Wildman–Crippen LogP) is 2.82. The first-order valence-electron chi connectivity index (χ1n) is 7.48. The largest absolute Gasteiger partial charge is 0.281 e. The van der Waals surface area contributed by atoms with E-state index in [4.69, 9.17) is 0 Å². The van der Waals surface area contributed by atoms with Crippen LogP contribution in [0.5, 0.6) is 0 Å². The van der Waals surface area contributed by atoms with Gasteiger partial charge in [0.2, 0.25) is 0 Å². The Kier molecular flexibility index (Phi) is 4.35. The van der Waals surface area contributed by atoms with Crippen LogP contribution >= 0.6 is 0 Å². The average Bonchev–Trinajstić information content (AvgIpc) is 2.93. The van der Waals surface area contributed by atoms with E-state index in [0.29, 0.717) is 17.1 Å². The third kappa shape index (κ3) is 3.03. The standard InChI is InChI=1S/C17H18N4O2S/c1-13-17(14(2)20-19-13)24(22,23)21(16-8-4-3-5-9-16)12-15-7-6-10-18-11-15/h3-11H,12H2,1-2H3,(H,19,20). The number of para-hydroxylation sites is 1. The van der Waals surface area contributed by atoms with Crippen molar-refractivity contribution >= 4 is 15.7 Å². The molecule has 0 unspecified atom stereocenters. The number of sulfonamides is 1. The van der Waals surface area contributed by atoms with Crippen LogP contribution in [0.3, 0.4) is 0 Å². The number of pyridine rings is 1. The molecule has 0 aliphatic heterocycles. The summed E-state index contributed by atoms with van der Waals surface area (Å²) < 4.78 is 28.0. The van der Waals surface area contributed by atoms with Crippen molar-refractivity contribution in [1.29, 1.82) is 0 Å². The molecule has 1 N–H and O–H groups in total. The Morgan fingerprint density at radius 1 is 1.08 bits per heavy atom. The first-order chi connectivity index (χ1) is 11.5. The molecule has 2 heterocycles. The summed E-state index contributed by atoms with van der Waals surface area (Å²) in [5.74, 6) is 0. The van der Waals surface area contributed by atoms with Crippen LogP contribution in [0.25, 0.3) is 0 Å². The van der Waals surface area contributed by atoms with Crippen molar-refractivity contribution in [2.75, 3.05) is 4.31 Å². The van der Waals surface area contributed by atoms with Crippen molar-refractivity contribution in [3.05, 3.63) is 71.8 Å². The van der Waals surface area contributed by atoms with E-state index >= 15 is 0 Å². The molecule has 124 valence electrons. The Balaban J connectivity index is 2.11. The van der Waals surface area contributed by atoms with Crippen LogP contribution < -0.4 is 4.31 Å². The van der Waals surface area contributed by atoms with Gasteiger partial charge in [0, 0.05) is 12.4 Å². The fourth-order valence-corrected chi connectivity index (χ4v) is 4.39. The Labute approximate surface area is 141 Å². The number of H-pyrrole nitrogens is 1. The molecule has 0 saturated carbocycles. The van der Waals surface area contributed by atoms with Gasteiger partial charge in [0.05, 0.1) is 23.6 Å². The minimum atomic E-state index is -3.76. The summed E-state index contributed by atoms with van der Waals surface area (Å²) in [7, 11) is -3.76. The van der Waals surface area contributed by atoms with E-state index in [1.807, 2.05) is 24.3 Å². The fraction of sp³-hybridized carbons (Fsp3) is 0.176. The molecular weight excluding hydrogens is 324 g/mol. The highest BCUT2D eigenvalue weighted by atomic mass is 32.2. The van der Waals surface area contributed by atoms with Crippen molar-refractivity contribution < 1.29 is 8.42 Å². The lowest BCUT2D eigenvalue weighted by Gasteiger charge is -2.24. The third-order valence-electron chi connectivity index (χ3n) is 3.70. The van der Waals surface area contributed by atoms with Gasteiger partial charge in [-0.05, 0) is 37.6 Å². The van der Waals surface area contributed by atoms with Gasteiger partial charge < -0.3 is 0 Å². The van der Waals surface area contributed by atoms with Crippen LogP contribution in [0.15, 0.2) is 59.8 Å². The van der Waals surface area contributed by atoms with Gasteiger partial charge in [0.15, 0.2) is 0 Å². The zero-order valence-corrected chi connectivity index (χ0v) is 14.3. The molecule has 0 atom stereocenters. The third-order valence-corrected chi connectivity index (χ3v) is 5.74. The summed E-state index contributed by atoms with van der Waals surface area (Å²) >= 11 is 0. The minimum Gasteiger partial charge on any atom is -0.281 e. The van der Waals surface area contributed by atoms with Gasteiger partial charge in [0.25, 0.3) is 10.0 Å². The predicted molar refractivity (Wildman–Crippen MR) is 92.1 cm³/mol. The van der Waals surface area contributed by atoms with Crippen molar-refractivity contribution in [2.45, 2.75) is 25.3 Å². The van der Waals surface area contributed by atoms with E-state index in [1.54, 1.807) is 44.4 Å². The van der Waals surface area contributed by atoms with Crippen molar-refractivity contribution in [3.63, 3.8) is 0 Å². The molecule has 2 aromatic heterocycles. The molecule has 3 aromatic rings. The van der Waals surface area contributed by atoms with Crippen LogP contribution in [0, 0.1) is 13.8 Å². The Hall–Kier alpha value is -2.67. The summed E-state index contributed by atoms with van der Waals surface area (Å²) in [6.45, 7) is 3.59. The molecular formula is C17H18N4O2S.